The van der Waals surface area contributed by atoms with Crippen LogP contribution < -0.4 is 9.62 Å². The number of allylic oxidation sites excluding steroid dienone is 1. The summed E-state index contributed by atoms with van der Waals surface area (Å²) in [5.74, 6) is -0.882. The van der Waals surface area contributed by atoms with E-state index >= 15 is 0 Å². The minimum absolute atomic E-state index is 0.241. The Kier molecular flexibility index (Phi) is 8.05. The Morgan fingerprint density at radius 2 is 1.62 bits per heavy atom. The number of furan rings is 1. The Hall–Kier alpha value is -4.41. The molecule has 6 nitrogen and oxygen atoms in total. The molecule has 4 aromatic carbocycles. The Labute approximate surface area is 264 Å². The predicted octanol–water partition coefficient (Wildman–Crippen LogP) is 8.27. The first-order valence-corrected chi connectivity index (χ1v) is 16.9. The van der Waals surface area contributed by atoms with Gasteiger partial charge in [0.1, 0.15) is 23.0 Å². The van der Waals surface area contributed by atoms with Crippen molar-refractivity contribution in [2.75, 3.05) is 24.7 Å². The van der Waals surface area contributed by atoms with Gasteiger partial charge in [0.25, 0.3) is 5.91 Å². The van der Waals surface area contributed by atoms with E-state index in [1.165, 1.54) is 66.1 Å². The van der Waals surface area contributed by atoms with Crippen LogP contribution in [-0.2, 0) is 16.4 Å². The third-order valence-corrected chi connectivity index (χ3v) is 10.6. The number of fused-ring (bicyclic) bond motifs is 2. The first kappa shape index (κ1) is 30.6. The third kappa shape index (κ3) is 5.87. The second-order valence-corrected chi connectivity index (χ2v) is 14.1. The molecule has 5 aromatic rings. The fourth-order valence-electron chi connectivity index (χ4n) is 5.55. The second-order valence-electron chi connectivity index (χ2n) is 11.0. The molecular weight excluding hydrogens is 615 g/mol. The van der Waals surface area contributed by atoms with Crippen LogP contribution in [0.25, 0.3) is 38.3 Å². The van der Waals surface area contributed by atoms with Gasteiger partial charge in [-0.25, -0.2) is 17.2 Å². The van der Waals surface area contributed by atoms with Crippen molar-refractivity contribution in [3.8, 4) is 22.5 Å². The maximum Gasteiger partial charge on any atom is 0.255 e. The molecule has 0 spiro atoms. The number of nitrogens with one attached hydrogen (secondary N) is 1. The monoisotopic (exact) mass is 644 g/mol. The van der Waals surface area contributed by atoms with E-state index in [0.29, 0.717) is 27.8 Å². The molecule has 10 heteroatoms. The highest BCUT2D eigenvalue weighted by molar-refractivity contribution is 8.08. The molecule has 45 heavy (non-hydrogen) atoms. The van der Waals surface area contributed by atoms with Crippen LogP contribution in [0.2, 0.25) is 0 Å². The van der Waals surface area contributed by atoms with Crippen molar-refractivity contribution in [3.63, 3.8) is 0 Å². The number of halogens is 2. The largest absolute Gasteiger partial charge is 0.455 e. The molecule has 230 valence electrons. The second kappa shape index (κ2) is 11.8. The van der Waals surface area contributed by atoms with E-state index in [2.05, 4.69) is 12.2 Å². The van der Waals surface area contributed by atoms with Crippen LogP contribution in [0.4, 0.5) is 14.5 Å². The van der Waals surface area contributed by atoms with Gasteiger partial charge in [-0.15, -0.1) is 0 Å². The zero-order valence-electron chi connectivity index (χ0n) is 25.1. The topological polar surface area (TPSA) is 79.6 Å². The standard InChI is InChI=1S/C35H30F2N2O4S2/c1-20-8-9-21-10-15-26(37)17-31(21)44-34(20)24-7-5-6-23(16-24)27-18-28-30(19-29(27)39(3)45(4,41)42)43-33(32(28)35(40)38-2)22-11-13-25(36)14-12-22/h5-7,10-19H,8-9H2,1-4H3,(H,38,40). The van der Waals surface area contributed by atoms with Crippen LogP contribution in [0, 0.1) is 11.6 Å². The van der Waals surface area contributed by atoms with Crippen LogP contribution in [-0.4, -0.2) is 34.7 Å². The van der Waals surface area contributed by atoms with Gasteiger partial charge in [0, 0.05) is 46.5 Å². The number of thioether (sulfide) groups is 1. The summed E-state index contributed by atoms with van der Waals surface area (Å²) in [7, 11) is -0.721. The van der Waals surface area contributed by atoms with Crippen molar-refractivity contribution in [2.45, 2.75) is 24.7 Å². The average Bonchev–Trinajstić information content (AvgIpc) is 3.31. The number of carbonyl (C=O) groups excluding carboxylic acids is 1. The lowest BCUT2D eigenvalue weighted by Crippen LogP contribution is -2.25. The number of benzene rings is 4. The Morgan fingerprint density at radius 3 is 2.33 bits per heavy atom. The molecule has 1 aliphatic rings. The molecule has 0 fully saturated rings. The van der Waals surface area contributed by atoms with Gasteiger partial charge in [-0.2, -0.15) is 0 Å². The highest BCUT2D eigenvalue weighted by Crippen LogP contribution is 2.45. The van der Waals surface area contributed by atoms with E-state index < -0.39 is 21.7 Å². The molecular formula is C35H30F2N2O4S2. The summed E-state index contributed by atoms with van der Waals surface area (Å²) in [6.07, 6.45) is 2.74. The predicted molar refractivity (Wildman–Crippen MR) is 177 cm³/mol. The summed E-state index contributed by atoms with van der Waals surface area (Å²) < 4.78 is 60.9. The zero-order chi connectivity index (χ0) is 32.0. The lowest BCUT2D eigenvalue weighted by atomic mass is 9.96. The number of rotatable bonds is 6. The van der Waals surface area contributed by atoms with Crippen molar-refractivity contribution in [1.29, 1.82) is 0 Å². The van der Waals surface area contributed by atoms with Gasteiger partial charge in [0.05, 0.1) is 17.5 Å². The van der Waals surface area contributed by atoms with Crippen molar-refractivity contribution in [2.24, 2.45) is 0 Å². The number of amides is 1. The van der Waals surface area contributed by atoms with Crippen molar-refractivity contribution < 1.29 is 26.4 Å². The molecule has 6 rings (SSSR count). The van der Waals surface area contributed by atoms with E-state index in [9.17, 15) is 22.0 Å². The van der Waals surface area contributed by atoms with E-state index in [-0.39, 0.29) is 17.1 Å². The molecule has 0 bridgehead atoms. The van der Waals surface area contributed by atoms with Crippen molar-refractivity contribution in [3.05, 3.63) is 113 Å². The SMILES string of the molecule is CNC(=O)c1c(-c2ccc(F)cc2)oc2cc(N(C)S(C)(=O)=O)c(-c3cccc(C4=C(C)CCc5ccc(F)cc5S4)c3)cc12. The molecule has 1 amide bonds. The van der Waals surface area contributed by atoms with Gasteiger partial charge in [-0.3, -0.25) is 9.10 Å². The van der Waals surface area contributed by atoms with Crippen LogP contribution in [0.5, 0.6) is 0 Å². The maximum atomic E-state index is 14.2. The van der Waals surface area contributed by atoms with E-state index in [1.54, 1.807) is 18.2 Å². The number of nitrogens with zero attached hydrogens (tertiary/aromatic N) is 1. The molecule has 1 aromatic heterocycles. The molecule has 1 N–H and O–H groups in total. The highest BCUT2D eigenvalue weighted by atomic mass is 32.2. The number of anilines is 1. The fourth-order valence-corrected chi connectivity index (χ4v) is 7.28. The molecule has 0 saturated carbocycles. The highest BCUT2D eigenvalue weighted by Gasteiger charge is 2.26. The number of hydrogen-bond acceptors (Lipinski definition) is 5. The summed E-state index contributed by atoms with van der Waals surface area (Å²) in [4.78, 5) is 15.1. The minimum Gasteiger partial charge on any atom is -0.455 e. The molecule has 1 aliphatic heterocycles. The Bertz CT molecular complexity index is 2120. The zero-order valence-corrected chi connectivity index (χ0v) is 26.7. The smallest absolute Gasteiger partial charge is 0.255 e. The fraction of sp³-hybridized carbons (Fsp3) is 0.171. The minimum atomic E-state index is -3.70. The first-order valence-electron chi connectivity index (χ1n) is 14.2. The molecule has 0 atom stereocenters. The first-order chi connectivity index (χ1) is 21.4. The van der Waals surface area contributed by atoms with Crippen LogP contribution in [0.1, 0.15) is 34.8 Å². The number of aryl methyl sites for hydroxylation is 1. The van der Waals surface area contributed by atoms with Crippen molar-refractivity contribution >= 4 is 49.3 Å². The van der Waals surface area contributed by atoms with Crippen LogP contribution >= 0.6 is 11.8 Å². The van der Waals surface area contributed by atoms with E-state index in [0.717, 1.165) is 45.6 Å². The molecule has 2 heterocycles. The summed E-state index contributed by atoms with van der Waals surface area (Å²) in [6, 6.07) is 21.6. The van der Waals surface area contributed by atoms with Crippen molar-refractivity contribution in [1.82, 2.24) is 5.32 Å². The number of sulfonamides is 1. The lowest BCUT2D eigenvalue weighted by molar-refractivity contribution is 0.0964. The number of hydrogen-bond donors (Lipinski definition) is 1. The van der Waals surface area contributed by atoms with Gasteiger partial charge in [0.15, 0.2) is 0 Å². The third-order valence-electron chi connectivity index (χ3n) is 8.04. The number of carbonyl (C=O) groups is 1. The van der Waals surface area contributed by atoms with Gasteiger partial charge in [0.2, 0.25) is 10.0 Å². The Balaban J connectivity index is 1.57. The quantitative estimate of drug-likeness (QED) is 0.201. The van der Waals surface area contributed by atoms with Gasteiger partial charge in [-0.05, 0) is 85.0 Å². The van der Waals surface area contributed by atoms with E-state index in [4.69, 9.17) is 4.42 Å². The van der Waals surface area contributed by atoms with Crippen LogP contribution in [0.3, 0.4) is 0 Å². The molecule has 0 radical (unpaired) electrons. The average molecular weight is 645 g/mol. The molecule has 0 unspecified atom stereocenters. The maximum absolute atomic E-state index is 14.2. The van der Waals surface area contributed by atoms with E-state index in [1.807, 2.05) is 30.3 Å². The summed E-state index contributed by atoms with van der Waals surface area (Å²) in [5, 5.41) is 3.14. The van der Waals surface area contributed by atoms with Gasteiger partial charge in [-0.1, -0.05) is 41.6 Å². The normalized spacial score (nSPS) is 13.5. The lowest BCUT2D eigenvalue weighted by Gasteiger charge is -2.21. The Morgan fingerprint density at radius 1 is 0.911 bits per heavy atom. The molecule has 0 aliphatic carbocycles. The summed E-state index contributed by atoms with van der Waals surface area (Å²) in [5.41, 5.74) is 5.86. The van der Waals surface area contributed by atoms with Gasteiger partial charge >= 0.3 is 0 Å². The summed E-state index contributed by atoms with van der Waals surface area (Å²) >= 11 is 1.52. The van der Waals surface area contributed by atoms with Crippen LogP contribution in [0.15, 0.2) is 93.7 Å². The summed E-state index contributed by atoms with van der Waals surface area (Å²) in [6.45, 7) is 2.07. The van der Waals surface area contributed by atoms with Gasteiger partial charge < -0.3 is 9.73 Å². The molecule has 0 saturated heterocycles.